The molecule has 1 aromatic heterocycles. The van der Waals surface area contributed by atoms with Gasteiger partial charge in [-0.2, -0.15) is 0 Å². The van der Waals surface area contributed by atoms with Crippen LogP contribution in [0.2, 0.25) is 0 Å². The van der Waals surface area contributed by atoms with E-state index in [-0.39, 0.29) is 5.69 Å². The number of nitrogens with one attached hydrogen (secondary N) is 1. The fraction of sp³-hybridized carbons (Fsp3) is 0.381. The van der Waals surface area contributed by atoms with Gasteiger partial charge in [-0.25, -0.2) is 9.59 Å². The summed E-state index contributed by atoms with van der Waals surface area (Å²) in [6.45, 7) is 8.78. The highest BCUT2D eigenvalue weighted by molar-refractivity contribution is 6.03. The maximum Gasteiger partial charge on any atom is 0.339 e. The van der Waals surface area contributed by atoms with Gasteiger partial charge >= 0.3 is 11.9 Å². The quantitative estimate of drug-likeness (QED) is 0.553. The minimum atomic E-state index is -0.575. The summed E-state index contributed by atoms with van der Waals surface area (Å²) in [6, 6.07) is 7.07. The number of hydrogen-bond donors (Lipinski definition) is 1. The number of benzene rings is 1. The largest absolute Gasteiger partial charge is 0.465 e. The molecule has 0 aliphatic carbocycles. The van der Waals surface area contributed by atoms with Gasteiger partial charge in [0.15, 0.2) is 6.61 Å². The molecule has 2 rings (SSSR count). The van der Waals surface area contributed by atoms with Crippen LogP contribution in [0, 0.1) is 13.8 Å². The Morgan fingerprint density at radius 1 is 1.00 bits per heavy atom. The van der Waals surface area contributed by atoms with Crippen molar-refractivity contribution >= 4 is 23.4 Å². The van der Waals surface area contributed by atoms with Crippen molar-refractivity contribution in [2.24, 2.45) is 0 Å². The number of aromatic nitrogens is 1. The van der Waals surface area contributed by atoms with Crippen molar-refractivity contribution in [1.29, 1.82) is 0 Å². The highest BCUT2D eigenvalue weighted by atomic mass is 16.5. The normalized spacial score (nSPS) is 10.5. The lowest BCUT2D eigenvalue weighted by Crippen LogP contribution is -2.21. The zero-order valence-electron chi connectivity index (χ0n) is 16.9. The smallest absolute Gasteiger partial charge is 0.339 e. The van der Waals surface area contributed by atoms with E-state index >= 15 is 0 Å². The second kappa shape index (κ2) is 9.21. The molecule has 0 fully saturated rings. The molecule has 0 aliphatic rings. The SMILES string of the molecule is CCN(CC)c1ccc(C(=O)OCC(=O)c2[nH]c(C)c(C(=O)OC)c2C)cc1. The number of anilines is 1. The molecule has 0 unspecified atom stereocenters. The molecule has 28 heavy (non-hydrogen) atoms. The molecule has 0 atom stereocenters. The van der Waals surface area contributed by atoms with Crippen LogP contribution in [0.5, 0.6) is 0 Å². The van der Waals surface area contributed by atoms with Crippen LogP contribution in [0.15, 0.2) is 24.3 Å². The van der Waals surface area contributed by atoms with Crippen LogP contribution in [-0.4, -0.2) is 49.5 Å². The molecule has 0 aliphatic heterocycles. The predicted octanol–water partition coefficient (Wildman–Crippen LogP) is 3.30. The molecular formula is C21H26N2O5. The van der Waals surface area contributed by atoms with E-state index in [2.05, 4.69) is 23.7 Å². The molecule has 0 spiro atoms. The predicted molar refractivity (Wildman–Crippen MR) is 106 cm³/mol. The van der Waals surface area contributed by atoms with E-state index in [9.17, 15) is 14.4 Å². The Kier molecular flexibility index (Phi) is 6.98. The summed E-state index contributed by atoms with van der Waals surface area (Å²) in [7, 11) is 1.28. The first-order chi connectivity index (χ1) is 13.3. The van der Waals surface area contributed by atoms with E-state index in [4.69, 9.17) is 9.47 Å². The van der Waals surface area contributed by atoms with Crippen LogP contribution in [0.4, 0.5) is 5.69 Å². The van der Waals surface area contributed by atoms with Crippen molar-refractivity contribution in [1.82, 2.24) is 4.98 Å². The van der Waals surface area contributed by atoms with Gasteiger partial charge in [0.05, 0.1) is 23.9 Å². The Balaban J connectivity index is 2.05. The standard InChI is InChI=1S/C21H26N2O5/c1-6-23(7-2)16-10-8-15(9-11-16)20(25)28-12-17(24)19-13(3)18(14(4)22-19)21(26)27-5/h8-11,22H,6-7,12H2,1-5H3. The average Bonchev–Trinajstić information content (AvgIpc) is 3.01. The number of rotatable bonds is 8. The zero-order chi connectivity index (χ0) is 20.8. The number of esters is 2. The first-order valence-electron chi connectivity index (χ1n) is 9.16. The van der Waals surface area contributed by atoms with Gasteiger partial charge < -0.3 is 19.4 Å². The summed E-state index contributed by atoms with van der Waals surface area (Å²) in [5, 5.41) is 0. The third kappa shape index (κ3) is 4.42. The fourth-order valence-corrected chi connectivity index (χ4v) is 3.12. The highest BCUT2D eigenvalue weighted by Crippen LogP contribution is 2.20. The van der Waals surface area contributed by atoms with Gasteiger partial charge in [-0.3, -0.25) is 4.79 Å². The Morgan fingerprint density at radius 3 is 2.14 bits per heavy atom. The molecule has 0 saturated heterocycles. The van der Waals surface area contributed by atoms with Gasteiger partial charge in [0.25, 0.3) is 0 Å². The molecule has 0 amide bonds. The number of ketones is 1. The van der Waals surface area contributed by atoms with Gasteiger partial charge in [-0.05, 0) is 57.5 Å². The molecule has 150 valence electrons. The topological polar surface area (TPSA) is 88.7 Å². The third-order valence-electron chi connectivity index (χ3n) is 4.67. The highest BCUT2D eigenvalue weighted by Gasteiger charge is 2.23. The van der Waals surface area contributed by atoms with Gasteiger partial charge in [0.2, 0.25) is 5.78 Å². The van der Waals surface area contributed by atoms with Crippen LogP contribution in [0.1, 0.15) is 56.3 Å². The van der Waals surface area contributed by atoms with Crippen LogP contribution >= 0.6 is 0 Å². The van der Waals surface area contributed by atoms with Crippen LogP contribution in [0.25, 0.3) is 0 Å². The van der Waals surface area contributed by atoms with E-state index in [0.29, 0.717) is 22.4 Å². The lowest BCUT2D eigenvalue weighted by molar-refractivity contribution is 0.0473. The summed E-state index contributed by atoms with van der Waals surface area (Å²) in [5.74, 6) is -1.51. The monoisotopic (exact) mass is 386 g/mol. The van der Waals surface area contributed by atoms with Gasteiger partial charge in [0.1, 0.15) is 0 Å². The first-order valence-corrected chi connectivity index (χ1v) is 9.16. The summed E-state index contributed by atoms with van der Waals surface area (Å²) < 4.78 is 9.88. The van der Waals surface area contributed by atoms with E-state index < -0.39 is 24.3 Å². The molecule has 7 nitrogen and oxygen atoms in total. The Bertz CT molecular complexity index is 864. The minimum absolute atomic E-state index is 0.239. The number of methoxy groups -OCH3 is 1. The van der Waals surface area contributed by atoms with E-state index in [0.717, 1.165) is 18.8 Å². The van der Waals surface area contributed by atoms with Crippen molar-refractivity contribution in [2.45, 2.75) is 27.7 Å². The minimum Gasteiger partial charge on any atom is -0.465 e. The molecule has 0 radical (unpaired) electrons. The summed E-state index contributed by atoms with van der Waals surface area (Å²) >= 11 is 0. The van der Waals surface area contributed by atoms with Crippen molar-refractivity contribution in [3.63, 3.8) is 0 Å². The molecule has 1 aromatic carbocycles. The summed E-state index contributed by atoms with van der Waals surface area (Å²) in [6.07, 6.45) is 0. The fourth-order valence-electron chi connectivity index (χ4n) is 3.12. The van der Waals surface area contributed by atoms with E-state index in [1.807, 2.05) is 12.1 Å². The molecule has 7 heteroatoms. The van der Waals surface area contributed by atoms with E-state index in [1.54, 1.807) is 26.0 Å². The lowest BCUT2D eigenvalue weighted by Gasteiger charge is -2.20. The number of aromatic amines is 1. The molecule has 1 heterocycles. The summed E-state index contributed by atoms with van der Waals surface area (Å²) in [5.41, 5.74) is 2.97. The van der Waals surface area contributed by atoms with Crippen LogP contribution in [0.3, 0.4) is 0 Å². The lowest BCUT2D eigenvalue weighted by atomic mass is 10.1. The maximum atomic E-state index is 12.4. The Hall–Kier alpha value is -3.09. The number of carbonyl (C=O) groups excluding carboxylic acids is 3. The molecule has 1 N–H and O–H groups in total. The van der Waals surface area contributed by atoms with E-state index in [1.165, 1.54) is 7.11 Å². The number of ether oxygens (including phenoxy) is 2. The number of Topliss-reactive ketones (excluding diaryl/α,β-unsaturated/α-hetero) is 1. The number of aryl methyl sites for hydroxylation is 1. The number of hydrogen-bond acceptors (Lipinski definition) is 6. The van der Waals surface area contributed by atoms with Gasteiger partial charge in [-0.15, -0.1) is 0 Å². The first kappa shape index (κ1) is 21.2. The Labute approximate surface area is 164 Å². The average molecular weight is 386 g/mol. The van der Waals surface area contributed by atoms with Crippen LogP contribution in [-0.2, 0) is 9.47 Å². The second-order valence-corrected chi connectivity index (χ2v) is 6.34. The molecule has 2 aromatic rings. The molecule has 0 saturated carbocycles. The number of H-pyrrole nitrogens is 1. The van der Waals surface area contributed by atoms with Crippen molar-refractivity contribution < 1.29 is 23.9 Å². The van der Waals surface area contributed by atoms with Gasteiger partial charge in [-0.1, -0.05) is 0 Å². The number of carbonyl (C=O) groups is 3. The molecule has 0 bridgehead atoms. The molecular weight excluding hydrogens is 360 g/mol. The van der Waals surface area contributed by atoms with Crippen molar-refractivity contribution in [3.8, 4) is 0 Å². The van der Waals surface area contributed by atoms with Crippen molar-refractivity contribution in [2.75, 3.05) is 31.7 Å². The second-order valence-electron chi connectivity index (χ2n) is 6.34. The summed E-state index contributed by atoms with van der Waals surface area (Å²) in [4.78, 5) is 41.5. The Morgan fingerprint density at radius 2 is 1.61 bits per heavy atom. The maximum absolute atomic E-state index is 12.4. The zero-order valence-corrected chi connectivity index (χ0v) is 16.9. The third-order valence-corrected chi connectivity index (χ3v) is 4.67. The van der Waals surface area contributed by atoms with Gasteiger partial charge in [0, 0.05) is 24.5 Å². The number of nitrogens with zero attached hydrogens (tertiary/aromatic N) is 1. The van der Waals surface area contributed by atoms with Crippen LogP contribution < -0.4 is 4.90 Å². The van der Waals surface area contributed by atoms with Crippen molar-refractivity contribution in [3.05, 3.63) is 52.3 Å².